The maximum Gasteiger partial charge on any atom is 0 e. The number of hydrogen-bond acceptors (Lipinski definition) is 4. The molecule has 7 aromatic rings. The Balaban J connectivity index is 0.000000217. The second-order valence-electron chi connectivity index (χ2n) is 13.1. The first kappa shape index (κ1) is 34.8. The van der Waals surface area contributed by atoms with E-state index < -0.39 is 13.3 Å². The Morgan fingerprint density at radius 3 is 2.15 bits per heavy atom. The van der Waals surface area contributed by atoms with Crippen LogP contribution < -0.4 is 4.40 Å². The topological polar surface area (TPSA) is 38.7 Å². The first-order chi connectivity index (χ1) is 22.1. The zero-order valence-corrected chi connectivity index (χ0v) is 33.3. The summed E-state index contributed by atoms with van der Waals surface area (Å²) in [7, 11) is 0. The molecule has 0 aliphatic rings. The Morgan fingerprint density at radius 1 is 0.723 bits per heavy atom. The van der Waals surface area contributed by atoms with Crippen LogP contribution in [0.3, 0.4) is 0 Å². The van der Waals surface area contributed by atoms with Gasteiger partial charge in [-0.15, -0.1) is 23.8 Å². The van der Waals surface area contributed by atoms with Crippen molar-refractivity contribution >= 4 is 49.3 Å². The molecule has 0 fully saturated rings. The van der Waals surface area contributed by atoms with E-state index in [9.17, 15) is 0 Å². The van der Waals surface area contributed by atoms with Gasteiger partial charge in [0.05, 0.1) is 5.69 Å². The molecule has 6 heteroatoms. The number of aryl methyl sites for hydroxylation is 2. The standard InChI is InChI=1S/C27H23N2S.C14H16GeN.Ir/c1-16(2)19-13-14-28-24(15-19)22-10-6-9-20-21-11-12-23(29-27(21)30-26(20)22)25-17(3)7-5-8-18(25)4;1-15(2,3)13-9-10-14(16-11-13)12-7-5-4-6-8-12;/h5-9,11-16H,1-4H3;4-7,9-11H,1-3H3;/q2*-1;. The van der Waals surface area contributed by atoms with Crippen LogP contribution in [-0.4, -0.2) is 28.2 Å². The van der Waals surface area contributed by atoms with Gasteiger partial charge in [-0.05, 0) is 58.8 Å². The van der Waals surface area contributed by atoms with Gasteiger partial charge in [0.2, 0.25) is 0 Å². The van der Waals surface area contributed by atoms with E-state index in [-0.39, 0.29) is 20.1 Å². The van der Waals surface area contributed by atoms with Gasteiger partial charge in [-0.2, -0.15) is 11.3 Å². The van der Waals surface area contributed by atoms with Crippen molar-refractivity contribution in [3.05, 3.63) is 132 Å². The van der Waals surface area contributed by atoms with Crippen LogP contribution in [-0.2, 0) is 20.1 Å². The van der Waals surface area contributed by atoms with Crippen molar-refractivity contribution in [2.75, 3.05) is 0 Å². The second kappa shape index (κ2) is 14.7. The molecule has 0 bridgehead atoms. The van der Waals surface area contributed by atoms with E-state index in [2.05, 4.69) is 128 Å². The van der Waals surface area contributed by atoms with Crippen LogP contribution in [0, 0.1) is 26.0 Å². The van der Waals surface area contributed by atoms with Gasteiger partial charge < -0.3 is 4.98 Å². The zero-order chi connectivity index (χ0) is 32.4. The molecular weight excluding hydrogens is 831 g/mol. The van der Waals surface area contributed by atoms with Gasteiger partial charge in [0.25, 0.3) is 0 Å². The van der Waals surface area contributed by atoms with E-state index in [4.69, 9.17) is 4.98 Å². The van der Waals surface area contributed by atoms with Crippen LogP contribution in [0.25, 0.3) is 54.1 Å². The number of fused-ring (bicyclic) bond motifs is 3. The number of pyridine rings is 3. The largest absolute Gasteiger partial charge is 0 e. The monoisotopic (exact) mass is 872 g/mol. The van der Waals surface area contributed by atoms with Gasteiger partial charge in [-0.1, -0.05) is 55.1 Å². The molecule has 0 saturated heterocycles. The Hall–Kier alpha value is -3.48. The fraction of sp³-hybridized carbons (Fsp3) is 0.195. The molecule has 0 saturated carbocycles. The van der Waals surface area contributed by atoms with Crippen LogP contribution in [0.2, 0.25) is 17.3 Å². The maximum absolute atomic E-state index is 5.07. The zero-order valence-electron chi connectivity index (χ0n) is 28.0. The minimum absolute atomic E-state index is 0. The van der Waals surface area contributed by atoms with Gasteiger partial charge in [0, 0.05) is 31.9 Å². The van der Waals surface area contributed by atoms with Crippen LogP contribution in [0.5, 0.6) is 0 Å². The van der Waals surface area contributed by atoms with E-state index in [0.717, 1.165) is 33.0 Å². The van der Waals surface area contributed by atoms with Crippen molar-refractivity contribution in [3.63, 3.8) is 0 Å². The van der Waals surface area contributed by atoms with Gasteiger partial charge >= 0.3 is 99.8 Å². The van der Waals surface area contributed by atoms with Crippen molar-refractivity contribution < 1.29 is 20.1 Å². The fourth-order valence-electron chi connectivity index (χ4n) is 5.66. The molecule has 1 radical (unpaired) electrons. The Labute approximate surface area is 299 Å². The van der Waals surface area contributed by atoms with Crippen molar-refractivity contribution in [1.29, 1.82) is 0 Å². The SMILES string of the molecule is Cc1cccc(C)c1-c1ccc2c(n1)sc1c(-c3cc(C(C)C)ccn3)[c-]ccc12.[CH3][Ge]([CH3])([CH3])[c]1ccc(-c2[c-]cccc2)nc1.[Ir]. The summed E-state index contributed by atoms with van der Waals surface area (Å²) in [5.74, 6) is 7.61. The van der Waals surface area contributed by atoms with Crippen molar-refractivity contribution in [2.45, 2.75) is 50.9 Å². The smallest absolute Gasteiger partial charge is 0 e. The number of nitrogens with zero attached hydrogens (tertiary/aromatic N) is 3. The van der Waals surface area contributed by atoms with Gasteiger partial charge in [0.15, 0.2) is 0 Å². The van der Waals surface area contributed by atoms with E-state index in [1.807, 2.05) is 42.7 Å². The van der Waals surface area contributed by atoms with Gasteiger partial charge in [-0.3, -0.25) is 0 Å². The third-order valence-corrected chi connectivity index (χ3v) is 13.7. The molecule has 4 heterocycles. The molecule has 47 heavy (non-hydrogen) atoms. The van der Waals surface area contributed by atoms with Crippen LogP contribution >= 0.6 is 11.3 Å². The number of benzene rings is 3. The fourth-order valence-corrected chi connectivity index (χ4v) is 9.01. The van der Waals surface area contributed by atoms with Crippen molar-refractivity contribution in [1.82, 2.24) is 15.0 Å². The molecule has 0 unspecified atom stereocenters. The average molecular weight is 871 g/mol. The molecular formula is C41H39GeIrN3S-2. The molecule has 0 aliphatic carbocycles. The van der Waals surface area contributed by atoms with Crippen molar-refractivity contribution in [3.8, 4) is 33.8 Å². The number of aromatic nitrogens is 3. The third kappa shape index (κ3) is 7.65. The Bertz CT molecular complexity index is 2110. The molecule has 239 valence electrons. The minimum Gasteiger partial charge on any atom is 0 e. The van der Waals surface area contributed by atoms with E-state index in [0.29, 0.717) is 5.92 Å². The summed E-state index contributed by atoms with van der Waals surface area (Å²) in [6, 6.07) is 38.1. The number of hydrogen-bond donors (Lipinski definition) is 0. The van der Waals surface area contributed by atoms with Crippen LogP contribution in [0.1, 0.15) is 36.5 Å². The average Bonchev–Trinajstić information content (AvgIpc) is 3.43. The summed E-state index contributed by atoms with van der Waals surface area (Å²) in [5.41, 5.74) is 10.2. The molecule has 7 rings (SSSR count). The molecule has 0 spiro atoms. The number of thiophene rings is 1. The second-order valence-corrected chi connectivity index (χ2v) is 24.8. The molecule has 0 atom stereocenters. The molecule has 0 amide bonds. The van der Waals surface area contributed by atoms with E-state index >= 15 is 0 Å². The quantitative estimate of drug-likeness (QED) is 0.128. The van der Waals surface area contributed by atoms with Crippen LogP contribution in [0.15, 0.2) is 103 Å². The van der Waals surface area contributed by atoms with E-state index in [1.165, 1.54) is 42.1 Å². The molecule has 3 nitrogen and oxygen atoms in total. The first-order valence-electron chi connectivity index (χ1n) is 15.8. The molecule has 0 aliphatic heterocycles. The van der Waals surface area contributed by atoms with Crippen LogP contribution in [0.4, 0.5) is 0 Å². The minimum atomic E-state index is -1.72. The molecule has 4 aromatic heterocycles. The predicted octanol–water partition coefficient (Wildman–Crippen LogP) is 10.8. The van der Waals surface area contributed by atoms with Gasteiger partial charge in [-0.25, -0.2) is 4.98 Å². The van der Waals surface area contributed by atoms with Crippen molar-refractivity contribution in [2.24, 2.45) is 0 Å². The maximum atomic E-state index is 5.07. The predicted molar refractivity (Wildman–Crippen MR) is 200 cm³/mol. The summed E-state index contributed by atoms with van der Waals surface area (Å²) in [6.45, 7) is 8.73. The first-order valence-corrected chi connectivity index (χ1v) is 24.0. The summed E-state index contributed by atoms with van der Waals surface area (Å²) in [4.78, 5) is 15.3. The normalized spacial score (nSPS) is 11.3. The Kier molecular flexibility index (Phi) is 10.9. The summed E-state index contributed by atoms with van der Waals surface area (Å²) < 4.78 is 2.65. The molecule has 3 aromatic carbocycles. The summed E-state index contributed by atoms with van der Waals surface area (Å²) in [5, 5.41) is 2.42. The summed E-state index contributed by atoms with van der Waals surface area (Å²) >= 11 is 0.0197. The van der Waals surface area contributed by atoms with E-state index in [1.54, 1.807) is 11.3 Å². The number of rotatable bonds is 5. The third-order valence-electron chi connectivity index (χ3n) is 8.36. The Morgan fingerprint density at radius 2 is 1.49 bits per heavy atom. The molecule has 0 N–H and O–H groups in total. The summed E-state index contributed by atoms with van der Waals surface area (Å²) in [6.07, 6.45) is 3.94. The van der Waals surface area contributed by atoms with Gasteiger partial charge in [0.1, 0.15) is 4.83 Å².